The smallest absolute Gasteiger partial charge is 0.340 e. The van der Waals surface area contributed by atoms with Gasteiger partial charge in [-0.25, -0.2) is 9.18 Å². The Hall–Kier alpha value is -3.65. The van der Waals surface area contributed by atoms with Crippen molar-refractivity contribution in [2.75, 3.05) is 5.75 Å². The number of rotatable bonds is 12. The molecule has 3 aromatic rings. The second-order valence-corrected chi connectivity index (χ2v) is 10.3. The molecule has 3 aromatic carbocycles. The van der Waals surface area contributed by atoms with Gasteiger partial charge in [0.05, 0.1) is 5.75 Å². The van der Waals surface area contributed by atoms with Crippen LogP contribution in [0.4, 0.5) is 4.39 Å². The molecule has 0 spiro atoms. The highest BCUT2D eigenvalue weighted by atomic mass is 32.2. The zero-order valence-electron chi connectivity index (χ0n) is 21.4. The minimum absolute atomic E-state index is 0.0621. The van der Waals surface area contributed by atoms with Gasteiger partial charge in [-0.3, -0.25) is 19.4 Å². The van der Waals surface area contributed by atoms with E-state index in [9.17, 15) is 18.8 Å². The minimum Gasteiger partial charge on any atom is -0.340 e. The predicted molar refractivity (Wildman–Crippen MR) is 144 cm³/mol. The molecule has 38 heavy (non-hydrogen) atoms. The molecule has 1 N–H and O–H groups in total. The number of Topliss-reactive ketones (excluding diaryl/α,β-unsaturated/α-hetero) is 1. The highest BCUT2D eigenvalue weighted by molar-refractivity contribution is 8.01. The maximum absolute atomic E-state index is 13.7. The fraction of sp³-hybridized carbons (Fsp3) is 0.300. The van der Waals surface area contributed by atoms with Crippen molar-refractivity contribution in [2.45, 2.75) is 50.3 Å². The normalized spacial score (nSPS) is 18.3. The lowest BCUT2D eigenvalue weighted by molar-refractivity contribution is -0.210. The third kappa shape index (κ3) is 6.07. The Morgan fingerprint density at radius 2 is 1.58 bits per heavy atom. The van der Waals surface area contributed by atoms with E-state index in [0.29, 0.717) is 16.9 Å². The van der Waals surface area contributed by atoms with Crippen molar-refractivity contribution in [3.05, 3.63) is 101 Å². The topological polar surface area (TPSA) is 81.7 Å². The third-order valence-electron chi connectivity index (χ3n) is 6.54. The molecule has 0 aliphatic carbocycles. The Kier molecular flexibility index (Phi) is 8.84. The Morgan fingerprint density at radius 1 is 0.947 bits per heavy atom. The second-order valence-electron chi connectivity index (χ2n) is 9.26. The van der Waals surface area contributed by atoms with E-state index >= 15 is 0 Å². The van der Waals surface area contributed by atoms with E-state index in [1.807, 2.05) is 24.3 Å². The zero-order chi connectivity index (χ0) is 27.1. The van der Waals surface area contributed by atoms with Gasteiger partial charge in [-0.05, 0) is 53.8 Å². The summed E-state index contributed by atoms with van der Waals surface area (Å²) in [6, 6.07) is 20.3. The summed E-state index contributed by atoms with van der Waals surface area (Å²) in [7, 11) is 0. The summed E-state index contributed by atoms with van der Waals surface area (Å²) in [6.45, 7) is 3.40. The summed E-state index contributed by atoms with van der Waals surface area (Å²) in [5.74, 6) is -0.829. The average molecular weight is 536 g/mol. The Balaban J connectivity index is 1.53. The van der Waals surface area contributed by atoms with Crippen LogP contribution < -0.4 is 10.2 Å². The van der Waals surface area contributed by atoms with Gasteiger partial charge in [0.15, 0.2) is 11.5 Å². The lowest BCUT2D eigenvalue weighted by Gasteiger charge is -2.49. The fourth-order valence-electron chi connectivity index (χ4n) is 4.53. The Labute approximate surface area is 225 Å². The number of amides is 1. The van der Waals surface area contributed by atoms with Gasteiger partial charge in [0, 0.05) is 12.5 Å². The number of benzene rings is 3. The van der Waals surface area contributed by atoms with Crippen LogP contribution in [0.15, 0.2) is 72.8 Å². The summed E-state index contributed by atoms with van der Waals surface area (Å²) < 4.78 is 13.7. The molecule has 0 bridgehead atoms. The summed E-state index contributed by atoms with van der Waals surface area (Å²) in [6.07, 6.45) is 4.45. The number of hydrogen-bond acceptors (Lipinski definition) is 6. The maximum Gasteiger partial charge on any atom is 0.352 e. The largest absolute Gasteiger partial charge is 0.352 e. The van der Waals surface area contributed by atoms with Crippen molar-refractivity contribution in [3.8, 4) is 5.75 Å². The van der Waals surface area contributed by atoms with E-state index in [2.05, 4.69) is 17.1 Å². The first-order valence-corrected chi connectivity index (χ1v) is 13.7. The molecule has 1 aliphatic heterocycles. The van der Waals surface area contributed by atoms with Crippen LogP contribution in [0.25, 0.3) is 0 Å². The van der Waals surface area contributed by atoms with Crippen molar-refractivity contribution in [1.29, 1.82) is 0 Å². The number of carbonyl (C=O) groups is 3. The van der Waals surface area contributed by atoms with E-state index in [0.717, 1.165) is 24.8 Å². The second kappa shape index (κ2) is 12.3. The van der Waals surface area contributed by atoms with Crippen molar-refractivity contribution in [3.63, 3.8) is 0 Å². The van der Waals surface area contributed by atoms with E-state index in [4.69, 9.17) is 4.89 Å². The van der Waals surface area contributed by atoms with Crippen molar-refractivity contribution in [2.24, 2.45) is 0 Å². The highest BCUT2D eigenvalue weighted by Gasteiger charge is 2.56. The SMILES string of the molecule is CCCCCc1ccc(C(=O)CS[C@H]2C(=O)N[C@@]2(c2ccc(F)cc2)c2ccc(OOC(C)=O)cc2)cc1. The predicted octanol–water partition coefficient (Wildman–Crippen LogP) is 5.77. The molecule has 1 aliphatic rings. The van der Waals surface area contributed by atoms with E-state index in [1.54, 1.807) is 36.4 Å². The number of unbranched alkanes of at least 4 members (excludes halogenated alkanes) is 2. The monoisotopic (exact) mass is 535 g/mol. The molecule has 0 aromatic heterocycles. The third-order valence-corrected chi connectivity index (χ3v) is 7.87. The molecule has 8 heteroatoms. The first kappa shape index (κ1) is 27.4. The van der Waals surface area contributed by atoms with Crippen molar-refractivity contribution >= 4 is 29.4 Å². The molecule has 4 rings (SSSR count). The summed E-state index contributed by atoms with van der Waals surface area (Å²) >= 11 is 1.26. The molecular formula is C30H30FNO5S. The van der Waals surface area contributed by atoms with Gasteiger partial charge in [-0.15, -0.1) is 11.8 Å². The number of β-lactam (4-membered cyclic amide) rings is 1. The summed E-state index contributed by atoms with van der Waals surface area (Å²) in [5, 5.41) is 2.38. The van der Waals surface area contributed by atoms with Gasteiger partial charge in [0.25, 0.3) is 0 Å². The van der Waals surface area contributed by atoms with Gasteiger partial charge in [0.2, 0.25) is 5.91 Å². The number of hydrogen-bond donors (Lipinski definition) is 1. The number of carbonyl (C=O) groups excluding carboxylic acids is 3. The summed E-state index contributed by atoms with van der Waals surface area (Å²) in [5.41, 5.74) is 2.25. The number of ketones is 1. The number of nitrogens with one attached hydrogen (secondary N) is 1. The van der Waals surface area contributed by atoms with Gasteiger partial charge >= 0.3 is 5.97 Å². The lowest BCUT2D eigenvalue weighted by atomic mass is 9.74. The summed E-state index contributed by atoms with van der Waals surface area (Å²) in [4.78, 5) is 46.4. The molecule has 2 atom stereocenters. The molecule has 1 fully saturated rings. The number of thioether (sulfide) groups is 1. The maximum atomic E-state index is 13.7. The Bertz CT molecular complexity index is 1280. The van der Waals surface area contributed by atoms with E-state index in [1.165, 1.54) is 42.8 Å². The number of aryl methyl sites for hydroxylation is 1. The molecule has 1 amide bonds. The molecular weight excluding hydrogens is 505 g/mol. The fourth-order valence-corrected chi connectivity index (χ4v) is 5.81. The quantitative estimate of drug-likeness (QED) is 0.104. The molecule has 6 nitrogen and oxygen atoms in total. The molecule has 198 valence electrons. The highest BCUT2D eigenvalue weighted by Crippen LogP contribution is 2.45. The van der Waals surface area contributed by atoms with Crippen LogP contribution in [-0.4, -0.2) is 28.7 Å². The van der Waals surface area contributed by atoms with Crippen LogP contribution in [0.3, 0.4) is 0 Å². The molecule has 0 unspecified atom stereocenters. The lowest BCUT2D eigenvalue weighted by Crippen LogP contribution is -2.69. The van der Waals surface area contributed by atoms with E-state index < -0.39 is 22.6 Å². The average Bonchev–Trinajstić information content (AvgIpc) is 2.92. The molecule has 1 saturated heterocycles. The van der Waals surface area contributed by atoms with Gasteiger partial charge in [-0.2, -0.15) is 0 Å². The van der Waals surface area contributed by atoms with Crippen LogP contribution in [0, 0.1) is 5.82 Å². The molecule has 1 heterocycles. The number of halogens is 1. The van der Waals surface area contributed by atoms with Crippen LogP contribution >= 0.6 is 11.8 Å². The standard InChI is InChI=1S/C30H30FNO5S/c1-3-4-5-6-21-7-9-22(10-8-21)27(34)19-38-28-29(35)32-30(28,23-11-15-25(31)16-12-23)24-13-17-26(18-14-24)37-36-20(2)33/h7-18,28H,3-6,19H2,1-2H3,(H,32,35)/t28-,30-/m0/s1. The molecule has 0 radical (unpaired) electrons. The van der Waals surface area contributed by atoms with Crippen LogP contribution in [0.5, 0.6) is 5.75 Å². The van der Waals surface area contributed by atoms with Gasteiger partial charge in [-0.1, -0.05) is 68.3 Å². The van der Waals surface area contributed by atoms with Crippen LogP contribution in [0.2, 0.25) is 0 Å². The van der Waals surface area contributed by atoms with Gasteiger partial charge < -0.3 is 5.32 Å². The van der Waals surface area contributed by atoms with E-state index in [-0.39, 0.29) is 17.4 Å². The first-order chi connectivity index (χ1) is 18.3. The minimum atomic E-state index is -0.973. The first-order valence-electron chi connectivity index (χ1n) is 12.6. The van der Waals surface area contributed by atoms with Crippen LogP contribution in [-0.2, 0) is 26.4 Å². The Morgan fingerprint density at radius 3 is 2.16 bits per heavy atom. The van der Waals surface area contributed by atoms with Crippen molar-refractivity contribution in [1.82, 2.24) is 5.32 Å². The van der Waals surface area contributed by atoms with Crippen LogP contribution in [0.1, 0.15) is 60.2 Å². The van der Waals surface area contributed by atoms with Crippen molar-refractivity contribution < 1.29 is 28.5 Å². The molecule has 0 saturated carbocycles. The van der Waals surface area contributed by atoms with Gasteiger partial charge in [0.1, 0.15) is 16.6 Å². The zero-order valence-corrected chi connectivity index (χ0v) is 22.2.